The van der Waals surface area contributed by atoms with Crippen LogP contribution in [0, 0.1) is 5.82 Å². The van der Waals surface area contributed by atoms with Crippen molar-refractivity contribution in [1.29, 1.82) is 0 Å². The lowest BCUT2D eigenvalue weighted by Gasteiger charge is -2.16. The Labute approximate surface area is 104 Å². The number of halogens is 2. The van der Waals surface area contributed by atoms with E-state index < -0.39 is 0 Å². The maximum absolute atomic E-state index is 13.5. The minimum absolute atomic E-state index is 0.315. The molecule has 0 aliphatic carbocycles. The average molecular weight is 254 g/mol. The molecule has 17 heavy (non-hydrogen) atoms. The lowest BCUT2D eigenvalue weighted by atomic mass is 10.3. The predicted molar refractivity (Wildman–Crippen MR) is 65.5 cm³/mol. The van der Waals surface area contributed by atoms with Crippen LogP contribution in [0.25, 0.3) is 11.0 Å². The van der Waals surface area contributed by atoms with E-state index in [0.717, 1.165) is 18.6 Å². The highest BCUT2D eigenvalue weighted by Gasteiger charge is 2.17. The summed E-state index contributed by atoms with van der Waals surface area (Å²) < 4.78 is 15.4. The van der Waals surface area contributed by atoms with E-state index in [1.54, 1.807) is 6.07 Å². The Kier molecular flexibility index (Phi) is 2.76. The quantitative estimate of drug-likeness (QED) is 0.821. The van der Waals surface area contributed by atoms with Crippen LogP contribution in [-0.4, -0.2) is 27.5 Å². The van der Waals surface area contributed by atoms with Gasteiger partial charge in [-0.3, -0.25) is 4.90 Å². The topological polar surface area (TPSA) is 21.1 Å². The van der Waals surface area contributed by atoms with Crippen molar-refractivity contribution >= 4 is 22.6 Å². The molecule has 5 heteroatoms. The van der Waals surface area contributed by atoms with Gasteiger partial charge in [0, 0.05) is 0 Å². The fourth-order valence-corrected chi connectivity index (χ4v) is 2.57. The van der Waals surface area contributed by atoms with Crippen molar-refractivity contribution in [3.63, 3.8) is 0 Å². The zero-order chi connectivity index (χ0) is 11.8. The molecule has 1 saturated heterocycles. The van der Waals surface area contributed by atoms with Crippen molar-refractivity contribution in [3.8, 4) is 0 Å². The van der Waals surface area contributed by atoms with Crippen LogP contribution in [0.3, 0.4) is 0 Å². The normalized spacial score (nSPS) is 17.1. The summed E-state index contributed by atoms with van der Waals surface area (Å²) in [6, 6.07) is 4.95. The summed E-state index contributed by atoms with van der Waals surface area (Å²) in [6.07, 6.45) is 2.44. The maximum Gasteiger partial charge on any atom is 0.204 e. The Balaban J connectivity index is 2.02. The van der Waals surface area contributed by atoms with E-state index in [9.17, 15) is 4.39 Å². The van der Waals surface area contributed by atoms with Crippen LogP contribution in [0.1, 0.15) is 12.8 Å². The van der Waals surface area contributed by atoms with Crippen molar-refractivity contribution in [3.05, 3.63) is 29.3 Å². The molecule has 1 aromatic heterocycles. The summed E-state index contributed by atoms with van der Waals surface area (Å²) in [4.78, 5) is 6.38. The number of hydrogen-bond donors (Lipinski definition) is 0. The number of benzene rings is 1. The molecule has 90 valence electrons. The number of hydrogen-bond acceptors (Lipinski definition) is 2. The standard InChI is InChI=1S/C12H13ClFN3/c13-12-15-11-9(14)4-3-5-10(11)17(12)8-16-6-1-2-7-16/h3-5H,1-2,6-8H2. The van der Waals surface area contributed by atoms with Crippen molar-refractivity contribution in [2.75, 3.05) is 13.1 Å². The van der Waals surface area contributed by atoms with Crippen LogP contribution in [-0.2, 0) is 6.67 Å². The van der Waals surface area contributed by atoms with Gasteiger partial charge in [-0.15, -0.1) is 0 Å². The summed E-state index contributed by atoms with van der Waals surface area (Å²) in [7, 11) is 0. The van der Waals surface area contributed by atoms with Gasteiger partial charge in [0.05, 0.1) is 12.2 Å². The molecule has 1 aliphatic heterocycles. The van der Waals surface area contributed by atoms with Gasteiger partial charge in [-0.25, -0.2) is 9.37 Å². The van der Waals surface area contributed by atoms with Crippen molar-refractivity contribution in [2.45, 2.75) is 19.5 Å². The fraction of sp³-hybridized carbons (Fsp3) is 0.417. The van der Waals surface area contributed by atoms with E-state index >= 15 is 0 Å². The van der Waals surface area contributed by atoms with Gasteiger partial charge in [0.1, 0.15) is 5.52 Å². The van der Waals surface area contributed by atoms with Gasteiger partial charge in [-0.1, -0.05) is 6.07 Å². The molecule has 1 aromatic carbocycles. The van der Waals surface area contributed by atoms with E-state index in [-0.39, 0.29) is 5.82 Å². The van der Waals surface area contributed by atoms with Gasteiger partial charge in [0.2, 0.25) is 5.28 Å². The van der Waals surface area contributed by atoms with Crippen molar-refractivity contribution in [2.24, 2.45) is 0 Å². The van der Waals surface area contributed by atoms with E-state index in [4.69, 9.17) is 11.6 Å². The molecule has 0 atom stereocenters. The van der Waals surface area contributed by atoms with Crippen molar-refractivity contribution < 1.29 is 4.39 Å². The zero-order valence-corrected chi connectivity index (χ0v) is 10.1. The van der Waals surface area contributed by atoms with Gasteiger partial charge >= 0.3 is 0 Å². The number of rotatable bonds is 2. The molecule has 1 aliphatic rings. The Morgan fingerprint density at radius 3 is 2.82 bits per heavy atom. The summed E-state index contributed by atoms with van der Waals surface area (Å²) in [5.74, 6) is -0.315. The number of para-hydroxylation sites is 1. The molecule has 3 nitrogen and oxygen atoms in total. The molecule has 2 aromatic rings. The highest BCUT2D eigenvalue weighted by atomic mass is 35.5. The third kappa shape index (κ3) is 1.91. The highest BCUT2D eigenvalue weighted by Crippen LogP contribution is 2.23. The van der Waals surface area contributed by atoms with Crippen LogP contribution < -0.4 is 0 Å². The molecule has 0 amide bonds. The van der Waals surface area contributed by atoms with Gasteiger partial charge in [0.25, 0.3) is 0 Å². The molecule has 3 rings (SSSR count). The Bertz CT molecular complexity index is 546. The lowest BCUT2D eigenvalue weighted by molar-refractivity contribution is 0.274. The Hall–Kier alpha value is -1.13. The summed E-state index contributed by atoms with van der Waals surface area (Å²) in [5, 5.41) is 0.358. The molecule has 0 spiro atoms. The van der Waals surface area contributed by atoms with Gasteiger partial charge in [0.15, 0.2) is 5.82 Å². The van der Waals surface area contributed by atoms with Gasteiger partial charge in [-0.2, -0.15) is 0 Å². The molecule has 1 fully saturated rings. The molecule has 0 N–H and O–H groups in total. The predicted octanol–water partition coefficient (Wildman–Crippen LogP) is 2.88. The third-order valence-corrected chi connectivity index (χ3v) is 3.51. The molecular weight excluding hydrogens is 241 g/mol. The summed E-state index contributed by atoms with van der Waals surface area (Å²) in [5.41, 5.74) is 1.12. The zero-order valence-electron chi connectivity index (χ0n) is 9.37. The molecule has 0 unspecified atom stereocenters. The first-order chi connectivity index (χ1) is 8.25. The van der Waals surface area contributed by atoms with Crippen LogP contribution in [0.2, 0.25) is 5.28 Å². The van der Waals surface area contributed by atoms with Crippen molar-refractivity contribution in [1.82, 2.24) is 14.5 Å². The minimum Gasteiger partial charge on any atom is -0.301 e. The number of aromatic nitrogens is 2. The van der Waals surface area contributed by atoms with E-state index in [2.05, 4.69) is 9.88 Å². The first-order valence-electron chi connectivity index (χ1n) is 5.78. The second kappa shape index (κ2) is 4.27. The molecule has 0 radical (unpaired) electrons. The number of nitrogens with zero attached hydrogens (tertiary/aromatic N) is 3. The summed E-state index contributed by atoms with van der Waals surface area (Å²) >= 11 is 6.08. The lowest BCUT2D eigenvalue weighted by Crippen LogP contribution is -2.22. The molecule has 0 saturated carbocycles. The number of likely N-dealkylation sites (tertiary alicyclic amines) is 1. The second-order valence-corrected chi connectivity index (χ2v) is 4.72. The monoisotopic (exact) mass is 253 g/mol. The molecule has 2 heterocycles. The van der Waals surface area contributed by atoms with Crippen LogP contribution in [0.5, 0.6) is 0 Å². The number of imidazole rings is 1. The van der Waals surface area contributed by atoms with E-state index in [0.29, 0.717) is 17.5 Å². The molecular formula is C12H13ClFN3. The first kappa shape index (κ1) is 11.0. The van der Waals surface area contributed by atoms with Crippen LogP contribution in [0.15, 0.2) is 18.2 Å². The van der Waals surface area contributed by atoms with Crippen LogP contribution in [0.4, 0.5) is 4.39 Å². The number of fused-ring (bicyclic) bond motifs is 1. The summed E-state index contributed by atoms with van der Waals surface area (Å²) in [6.45, 7) is 2.84. The SMILES string of the molecule is Fc1cccc2c1nc(Cl)n2CN1CCCC1. The highest BCUT2D eigenvalue weighted by molar-refractivity contribution is 6.29. The Morgan fingerprint density at radius 1 is 1.29 bits per heavy atom. The third-order valence-electron chi connectivity index (χ3n) is 3.22. The molecule has 0 bridgehead atoms. The first-order valence-corrected chi connectivity index (χ1v) is 6.16. The fourth-order valence-electron chi connectivity index (χ4n) is 2.34. The van der Waals surface area contributed by atoms with E-state index in [1.165, 1.54) is 18.9 Å². The smallest absolute Gasteiger partial charge is 0.204 e. The van der Waals surface area contributed by atoms with E-state index in [1.807, 2.05) is 10.6 Å². The maximum atomic E-state index is 13.5. The largest absolute Gasteiger partial charge is 0.301 e. The van der Waals surface area contributed by atoms with Crippen LogP contribution >= 0.6 is 11.6 Å². The van der Waals surface area contributed by atoms with Gasteiger partial charge < -0.3 is 4.57 Å². The second-order valence-electron chi connectivity index (χ2n) is 4.38. The average Bonchev–Trinajstić information content (AvgIpc) is 2.91. The Morgan fingerprint density at radius 2 is 2.06 bits per heavy atom. The minimum atomic E-state index is -0.315. The van der Waals surface area contributed by atoms with Gasteiger partial charge in [-0.05, 0) is 49.7 Å².